The zero-order valence-electron chi connectivity index (χ0n) is 15.6. The minimum atomic E-state index is -0.589. The van der Waals surface area contributed by atoms with Gasteiger partial charge in [-0.15, -0.1) is 0 Å². The van der Waals surface area contributed by atoms with Gasteiger partial charge in [-0.3, -0.25) is 9.59 Å². The lowest BCUT2D eigenvalue weighted by Gasteiger charge is -2.24. The molecule has 0 aromatic heterocycles. The van der Waals surface area contributed by atoms with E-state index in [1.807, 2.05) is 32.9 Å². The van der Waals surface area contributed by atoms with E-state index in [2.05, 4.69) is 31.4 Å². The molecule has 0 saturated heterocycles. The molecule has 0 radical (unpaired) electrons. The van der Waals surface area contributed by atoms with Crippen LogP contribution in [0.1, 0.15) is 57.5 Å². The van der Waals surface area contributed by atoms with Crippen molar-refractivity contribution in [3.63, 3.8) is 0 Å². The Balaban J connectivity index is 2.84. The number of benzene rings is 1. The minimum absolute atomic E-state index is 0.0206. The van der Waals surface area contributed by atoms with Crippen LogP contribution in [0.25, 0.3) is 0 Å². The number of carbonyl (C=O) groups is 2. The maximum absolute atomic E-state index is 12.5. The van der Waals surface area contributed by atoms with Crippen molar-refractivity contribution in [2.45, 2.75) is 59.0 Å². The van der Waals surface area contributed by atoms with Crippen LogP contribution >= 0.6 is 0 Å². The lowest BCUT2D eigenvalue weighted by atomic mass is 9.86. The molecule has 1 rings (SSSR count). The van der Waals surface area contributed by atoms with Crippen LogP contribution in [0.5, 0.6) is 0 Å². The Morgan fingerprint density at radius 1 is 1.04 bits per heavy atom. The van der Waals surface area contributed by atoms with Crippen LogP contribution < -0.4 is 16.4 Å². The van der Waals surface area contributed by atoms with Gasteiger partial charge in [-0.25, -0.2) is 0 Å². The van der Waals surface area contributed by atoms with E-state index in [1.54, 1.807) is 12.1 Å². The van der Waals surface area contributed by atoms with E-state index in [-0.39, 0.29) is 29.2 Å². The number of hydrogen-bond donors (Lipinski definition) is 3. The van der Waals surface area contributed by atoms with Crippen molar-refractivity contribution in [1.29, 1.82) is 0 Å². The van der Waals surface area contributed by atoms with Crippen LogP contribution in [0.4, 0.5) is 0 Å². The predicted octanol–water partition coefficient (Wildman–Crippen LogP) is 2.20. The summed E-state index contributed by atoms with van der Waals surface area (Å²) in [6, 6.07) is 6.79. The number of amides is 2. The molecule has 5 heteroatoms. The number of nitrogens with one attached hydrogen (secondary N) is 2. The van der Waals surface area contributed by atoms with Gasteiger partial charge >= 0.3 is 0 Å². The van der Waals surface area contributed by atoms with Gasteiger partial charge in [0.2, 0.25) is 5.91 Å². The second-order valence-corrected chi connectivity index (χ2v) is 7.67. The average molecular weight is 333 g/mol. The maximum Gasteiger partial charge on any atom is 0.251 e. The highest BCUT2D eigenvalue weighted by molar-refractivity contribution is 5.97. The Morgan fingerprint density at radius 2 is 1.58 bits per heavy atom. The molecule has 0 aliphatic heterocycles. The van der Waals surface area contributed by atoms with Gasteiger partial charge in [-0.2, -0.15) is 0 Å². The number of hydrogen-bond acceptors (Lipinski definition) is 3. The van der Waals surface area contributed by atoms with Gasteiger partial charge in [0.15, 0.2) is 0 Å². The molecule has 0 aliphatic rings. The first-order chi connectivity index (χ1) is 11.1. The van der Waals surface area contributed by atoms with Crippen LogP contribution in [0, 0.1) is 5.92 Å². The van der Waals surface area contributed by atoms with Crippen molar-refractivity contribution >= 4 is 11.8 Å². The van der Waals surface area contributed by atoms with Crippen molar-refractivity contribution in [1.82, 2.24) is 10.6 Å². The molecular formula is C19H31N3O2. The molecule has 0 spiro atoms. The molecule has 2 amide bonds. The van der Waals surface area contributed by atoms with E-state index < -0.39 is 6.04 Å². The minimum Gasteiger partial charge on any atom is -0.351 e. The summed E-state index contributed by atoms with van der Waals surface area (Å²) < 4.78 is 0. The molecule has 134 valence electrons. The monoisotopic (exact) mass is 333 g/mol. The lowest BCUT2D eigenvalue weighted by molar-refractivity contribution is -0.124. The van der Waals surface area contributed by atoms with Crippen molar-refractivity contribution in [3.8, 4) is 0 Å². The van der Waals surface area contributed by atoms with Gasteiger partial charge in [0.1, 0.15) is 6.04 Å². The largest absolute Gasteiger partial charge is 0.351 e. The van der Waals surface area contributed by atoms with E-state index >= 15 is 0 Å². The molecule has 0 bridgehead atoms. The molecular weight excluding hydrogens is 302 g/mol. The van der Waals surface area contributed by atoms with Crippen LogP contribution in [0.3, 0.4) is 0 Å². The molecule has 0 heterocycles. The summed E-state index contributed by atoms with van der Waals surface area (Å²) in [5, 5.41) is 5.65. The Kier molecular flexibility index (Phi) is 6.96. The van der Waals surface area contributed by atoms with Crippen molar-refractivity contribution in [3.05, 3.63) is 35.4 Å². The van der Waals surface area contributed by atoms with Gasteiger partial charge < -0.3 is 16.4 Å². The topological polar surface area (TPSA) is 84.2 Å². The second-order valence-electron chi connectivity index (χ2n) is 7.67. The number of carbonyl (C=O) groups excluding carboxylic acids is 2. The predicted molar refractivity (Wildman–Crippen MR) is 97.9 cm³/mol. The summed E-state index contributed by atoms with van der Waals surface area (Å²) in [4.78, 5) is 24.8. The van der Waals surface area contributed by atoms with Gasteiger partial charge in [-0.1, -0.05) is 46.8 Å². The molecule has 1 unspecified atom stereocenters. The first-order valence-corrected chi connectivity index (χ1v) is 8.48. The third kappa shape index (κ3) is 5.64. The van der Waals surface area contributed by atoms with Crippen LogP contribution in [0.15, 0.2) is 24.3 Å². The highest BCUT2D eigenvalue weighted by Crippen LogP contribution is 2.22. The smallest absolute Gasteiger partial charge is 0.251 e. The lowest BCUT2D eigenvalue weighted by Crippen LogP contribution is -2.52. The van der Waals surface area contributed by atoms with Gasteiger partial charge in [0, 0.05) is 18.2 Å². The number of rotatable bonds is 6. The Labute approximate surface area is 145 Å². The molecule has 24 heavy (non-hydrogen) atoms. The third-order valence-electron chi connectivity index (χ3n) is 3.99. The van der Waals surface area contributed by atoms with E-state index in [0.29, 0.717) is 12.1 Å². The van der Waals surface area contributed by atoms with E-state index in [9.17, 15) is 9.59 Å². The standard InChI is InChI=1S/C19H31N3O2/c1-12(2)16(18(24)21-13(3)11-20)22-17(23)14-7-9-15(10-8-14)19(4,5)6/h7-10,12-13,16H,11,20H2,1-6H3,(H,21,24)(H,22,23)/t13-,16?/m0/s1. The fourth-order valence-electron chi connectivity index (χ4n) is 2.27. The van der Waals surface area contributed by atoms with Crippen LogP contribution in [-0.4, -0.2) is 30.4 Å². The first kappa shape index (κ1) is 20.2. The van der Waals surface area contributed by atoms with Crippen LogP contribution in [0.2, 0.25) is 0 Å². The molecule has 1 aromatic rings. The zero-order valence-corrected chi connectivity index (χ0v) is 15.6. The van der Waals surface area contributed by atoms with Gasteiger partial charge in [0.05, 0.1) is 0 Å². The second kappa shape index (κ2) is 8.29. The van der Waals surface area contributed by atoms with E-state index in [4.69, 9.17) is 5.73 Å². The molecule has 0 fully saturated rings. The van der Waals surface area contributed by atoms with Crippen LogP contribution in [-0.2, 0) is 10.2 Å². The summed E-state index contributed by atoms with van der Waals surface area (Å²) >= 11 is 0. The normalized spacial score (nSPS) is 14.2. The fraction of sp³-hybridized carbons (Fsp3) is 0.579. The molecule has 5 nitrogen and oxygen atoms in total. The number of nitrogens with two attached hydrogens (primary N) is 1. The quantitative estimate of drug-likeness (QED) is 0.746. The maximum atomic E-state index is 12.5. The molecule has 0 aliphatic carbocycles. The molecule has 0 saturated carbocycles. The summed E-state index contributed by atoms with van der Waals surface area (Å²) in [5.74, 6) is -0.472. The summed E-state index contributed by atoms with van der Waals surface area (Å²) in [7, 11) is 0. The third-order valence-corrected chi connectivity index (χ3v) is 3.99. The SMILES string of the molecule is CC(C)C(NC(=O)c1ccc(C(C)(C)C)cc1)C(=O)N[C@@H](C)CN. The summed E-state index contributed by atoms with van der Waals surface area (Å²) in [6.45, 7) is 12.4. The summed E-state index contributed by atoms with van der Waals surface area (Å²) in [5.41, 5.74) is 7.28. The highest BCUT2D eigenvalue weighted by atomic mass is 16.2. The van der Waals surface area contributed by atoms with Crippen molar-refractivity contribution < 1.29 is 9.59 Å². The van der Waals surface area contributed by atoms with E-state index in [0.717, 1.165) is 5.56 Å². The fourth-order valence-corrected chi connectivity index (χ4v) is 2.27. The first-order valence-electron chi connectivity index (χ1n) is 8.48. The van der Waals surface area contributed by atoms with Crippen molar-refractivity contribution in [2.24, 2.45) is 11.7 Å². The Hall–Kier alpha value is -1.88. The Morgan fingerprint density at radius 3 is 2.00 bits per heavy atom. The Bertz CT molecular complexity index is 559. The van der Waals surface area contributed by atoms with Gasteiger partial charge in [-0.05, 0) is 36.0 Å². The van der Waals surface area contributed by atoms with Crippen molar-refractivity contribution in [2.75, 3.05) is 6.54 Å². The van der Waals surface area contributed by atoms with Gasteiger partial charge in [0.25, 0.3) is 5.91 Å². The summed E-state index contributed by atoms with van der Waals surface area (Å²) in [6.07, 6.45) is 0. The molecule has 2 atom stereocenters. The molecule has 4 N–H and O–H groups in total. The zero-order chi connectivity index (χ0) is 18.5. The average Bonchev–Trinajstić information content (AvgIpc) is 2.50. The van der Waals surface area contributed by atoms with E-state index in [1.165, 1.54) is 0 Å². The molecule has 1 aromatic carbocycles. The highest BCUT2D eigenvalue weighted by Gasteiger charge is 2.25.